The maximum Gasteiger partial charge on any atom is 0.263 e. The van der Waals surface area contributed by atoms with E-state index in [1.54, 1.807) is 30.3 Å². The normalized spacial score (nSPS) is 19.1. The van der Waals surface area contributed by atoms with Crippen LogP contribution >= 0.6 is 11.3 Å². The summed E-state index contributed by atoms with van der Waals surface area (Å²) in [5, 5.41) is 3.12. The molecule has 2 aliphatic rings. The summed E-state index contributed by atoms with van der Waals surface area (Å²) in [7, 11) is 5.71. The lowest BCUT2D eigenvalue weighted by atomic mass is 9.87. The molecule has 1 fully saturated rings. The van der Waals surface area contributed by atoms with Gasteiger partial charge in [-0.05, 0) is 55.6 Å². The average molecular weight is 441 g/mol. The molecule has 0 unspecified atom stereocenters. The summed E-state index contributed by atoms with van der Waals surface area (Å²) in [6.45, 7) is 4.85. The van der Waals surface area contributed by atoms with Gasteiger partial charge in [-0.3, -0.25) is 9.59 Å². The highest BCUT2D eigenvalue weighted by Crippen LogP contribution is 2.33. The van der Waals surface area contributed by atoms with Crippen LogP contribution in [0.3, 0.4) is 0 Å². The van der Waals surface area contributed by atoms with Gasteiger partial charge in [-0.25, -0.2) is 0 Å². The Labute approximate surface area is 188 Å². The molecule has 1 N–H and O–H groups in total. The molecule has 31 heavy (non-hydrogen) atoms. The van der Waals surface area contributed by atoms with Gasteiger partial charge in [0, 0.05) is 63.3 Å². The molecule has 1 aliphatic carbocycles. The van der Waals surface area contributed by atoms with E-state index in [1.165, 1.54) is 10.6 Å². The number of likely N-dealkylation sites (N-methyl/N-ethyl adjacent to an activating group) is 1. The summed E-state index contributed by atoms with van der Waals surface area (Å²) in [6, 6.07) is 10.5. The maximum absolute atomic E-state index is 12.8. The molecule has 1 atom stereocenters. The third kappa shape index (κ3) is 5.10. The first-order valence-corrected chi connectivity index (χ1v) is 11.9. The number of aryl methyl sites for hydroxylation is 1. The minimum Gasteiger partial charge on any atom is -0.369 e. The summed E-state index contributed by atoms with van der Waals surface area (Å²) >= 11 is 1.58. The van der Waals surface area contributed by atoms with Gasteiger partial charge in [0.15, 0.2) is 0 Å². The second-order valence-electron chi connectivity index (χ2n) is 8.87. The lowest BCUT2D eigenvalue weighted by Crippen LogP contribution is -2.44. The molecule has 1 saturated heterocycles. The quantitative estimate of drug-likeness (QED) is 0.777. The van der Waals surface area contributed by atoms with Crippen LogP contribution < -0.4 is 10.2 Å². The Morgan fingerprint density at radius 3 is 2.52 bits per heavy atom. The number of nitrogens with zero attached hydrogens (tertiary/aromatic N) is 3. The summed E-state index contributed by atoms with van der Waals surface area (Å²) in [5.41, 5.74) is 3.54. The Kier molecular flexibility index (Phi) is 6.62. The van der Waals surface area contributed by atoms with Gasteiger partial charge >= 0.3 is 0 Å². The topological polar surface area (TPSA) is 55.9 Å². The van der Waals surface area contributed by atoms with Crippen LogP contribution in [0, 0.1) is 5.92 Å². The number of fused-ring (bicyclic) bond motifs is 1. The molecule has 0 radical (unpaired) electrons. The van der Waals surface area contributed by atoms with Gasteiger partial charge in [0.05, 0.1) is 4.88 Å². The number of hydrogen-bond donors (Lipinski definition) is 1. The fraction of sp³-hybridized carbons (Fsp3) is 0.500. The van der Waals surface area contributed by atoms with Crippen molar-refractivity contribution in [2.24, 2.45) is 5.92 Å². The molecule has 166 valence electrons. The van der Waals surface area contributed by atoms with Crippen LogP contribution in [-0.2, 0) is 24.2 Å². The van der Waals surface area contributed by atoms with E-state index in [4.69, 9.17) is 0 Å². The molecule has 0 saturated carbocycles. The molecule has 0 spiro atoms. The lowest BCUT2D eigenvalue weighted by Gasteiger charge is -2.34. The van der Waals surface area contributed by atoms with Crippen LogP contribution in [-0.4, -0.2) is 68.9 Å². The predicted molar refractivity (Wildman–Crippen MR) is 126 cm³/mol. The molecule has 2 aromatic rings. The van der Waals surface area contributed by atoms with E-state index in [1.807, 2.05) is 6.07 Å². The monoisotopic (exact) mass is 440 g/mol. The first-order valence-electron chi connectivity index (χ1n) is 11.0. The van der Waals surface area contributed by atoms with Gasteiger partial charge in [-0.1, -0.05) is 12.1 Å². The Hall–Kier alpha value is -2.38. The van der Waals surface area contributed by atoms with E-state index in [9.17, 15) is 9.59 Å². The molecular formula is C24H32N4O2S. The molecular weight excluding hydrogens is 408 g/mol. The number of piperazine rings is 1. The van der Waals surface area contributed by atoms with Crippen LogP contribution in [0.1, 0.15) is 32.1 Å². The van der Waals surface area contributed by atoms with Gasteiger partial charge in [-0.15, -0.1) is 11.3 Å². The second-order valence-corrected chi connectivity index (χ2v) is 10.0. The molecule has 7 heteroatoms. The largest absolute Gasteiger partial charge is 0.369 e. The number of benzene rings is 1. The number of amides is 2. The highest BCUT2D eigenvalue weighted by Gasteiger charge is 2.27. The van der Waals surface area contributed by atoms with E-state index in [0.717, 1.165) is 61.4 Å². The standard InChI is InChI=1S/C24H32N4O2S/c1-26(2)24(30)22-15-19-14-18(6-9-21(19)31-22)23(29)25-16-17-4-7-20(8-5-17)28-12-10-27(3)11-13-28/h4-5,7-8,15,18H,6,9-14,16H2,1-3H3,(H,25,29)/t18-/m0/s1. The molecule has 2 amide bonds. The zero-order chi connectivity index (χ0) is 22.0. The van der Waals surface area contributed by atoms with Gasteiger partial charge in [-0.2, -0.15) is 0 Å². The van der Waals surface area contributed by atoms with Gasteiger partial charge in [0.2, 0.25) is 5.91 Å². The third-order valence-electron chi connectivity index (χ3n) is 6.34. The summed E-state index contributed by atoms with van der Waals surface area (Å²) in [4.78, 5) is 33.4. The minimum atomic E-state index is -0.0194. The molecule has 4 rings (SSSR count). The van der Waals surface area contributed by atoms with Crippen molar-refractivity contribution in [3.05, 3.63) is 51.2 Å². The third-order valence-corrected chi connectivity index (χ3v) is 7.57. The van der Waals surface area contributed by atoms with Crippen LogP contribution in [0.2, 0.25) is 0 Å². The zero-order valence-corrected chi connectivity index (χ0v) is 19.5. The lowest BCUT2D eigenvalue weighted by molar-refractivity contribution is -0.125. The first-order chi connectivity index (χ1) is 14.9. The van der Waals surface area contributed by atoms with Crippen LogP contribution in [0.15, 0.2) is 30.3 Å². The Morgan fingerprint density at radius 2 is 1.84 bits per heavy atom. The van der Waals surface area contributed by atoms with E-state index in [-0.39, 0.29) is 17.7 Å². The summed E-state index contributed by atoms with van der Waals surface area (Å²) in [6.07, 6.45) is 2.44. The number of thiophene rings is 1. The van der Waals surface area contributed by atoms with E-state index < -0.39 is 0 Å². The van der Waals surface area contributed by atoms with E-state index in [2.05, 4.69) is 46.4 Å². The molecule has 1 aromatic carbocycles. The fourth-order valence-electron chi connectivity index (χ4n) is 4.30. The molecule has 0 bridgehead atoms. The number of anilines is 1. The van der Waals surface area contributed by atoms with Crippen molar-refractivity contribution in [2.45, 2.75) is 25.8 Å². The highest BCUT2D eigenvalue weighted by atomic mass is 32.1. The van der Waals surface area contributed by atoms with Crippen molar-refractivity contribution in [3.8, 4) is 0 Å². The summed E-state index contributed by atoms with van der Waals surface area (Å²) in [5.74, 6) is 0.134. The van der Waals surface area contributed by atoms with Gasteiger partial charge in [0.25, 0.3) is 5.91 Å². The SMILES string of the molecule is CN1CCN(c2ccc(CNC(=O)[C@H]3CCc4sc(C(=O)N(C)C)cc4C3)cc2)CC1. The van der Waals surface area contributed by atoms with Gasteiger partial charge < -0.3 is 20.0 Å². The number of rotatable bonds is 5. The average Bonchev–Trinajstić information content (AvgIpc) is 3.21. The smallest absolute Gasteiger partial charge is 0.263 e. The zero-order valence-electron chi connectivity index (χ0n) is 18.7. The van der Waals surface area contributed by atoms with Crippen LogP contribution in [0.5, 0.6) is 0 Å². The minimum absolute atomic E-state index is 0.0194. The molecule has 2 heterocycles. The van der Waals surface area contributed by atoms with E-state index >= 15 is 0 Å². The molecule has 1 aromatic heterocycles. The van der Waals surface area contributed by atoms with Crippen molar-refractivity contribution in [1.82, 2.24) is 15.1 Å². The van der Waals surface area contributed by atoms with E-state index in [0.29, 0.717) is 6.54 Å². The first kappa shape index (κ1) is 21.8. The van der Waals surface area contributed by atoms with Crippen LogP contribution in [0.4, 0.5) is 5.69 Å². The Bertz CT molecular complexity index is 930. The summed E-state index contributed by atoms with van der Waals surface area (Å²) < 4.78 is 0. The van der Waals surface area contributed by atoms with Crippen molar-refractivity contribution < 1.29 is 9.59 Å². The number of carbonyl (C=O) groups is 2. The Balaban J connectivity index is 1.30. The number of nitrogens with one attached hydrogen (secondary N) is 1. The van der Waals surface area contributed by atoms with Crippen molar-refractivity contribution in [3.63, 3.8) is 0 Å². The van der Waals surface area contributed by atoms with Crippen molar-refractivity contribution >= 4 is 28.8 Å². The maximum atomic E-state index is 12.8. The number of hydrogen-bond acceptors (Lipinski definition) is 5. The Morgan fingerprint density at radius 1 is 1.13 bits per heavy atom. The van der Waals surface area contributed by atoms with Crippen molar-refractivity contribution in [1.29, 1.82) is 0 Å². The van der Waals surface area contributed by atoms with Gasteiger partial charge in [0.1, 0.15) is 0 Å². The number of carbonyl (C=O) groups excluding carboxylic acids is 2. The molecule has 1 aliphatic heterocycles. The fourth-order valence-corrected chi connectivity index (χ4v) is 5.53. The second kappa shape index (κ2) is 9.40. The van der Waals surface area contributed by atoms with Crippen LogP contribution in [0.25, 0.3) is 0 Å². The van der Waals surface area contributed by atoms with Crippen molar-refractivity contribution in [2.75, 3.05) is 52.2 Å². The molecule has 6 nitrogen and oxygen atoms in total. The highest BCUT2D eigenvalue weighted by molar-refractivity contribution is 7.14. The predicted octanol–water partition coefficient (Wildman–Crippen LogP) is 2.62.